The lowest BCUT2D eigenvalue weighted by Gasteiger charge is -2.01. The Balaban J connectivity index is 0. The van der Waals surface area contributed by atoms with Crippen LogP contribution in [0.25, 0.3) is 0 Å². The van der Waals surface area contributed by atoms with E-state index in [1.165, 1.54) is 12.2 Å². The molecule has 134 valence electrons. The molecule has 0 saturated carbocycles. The number of carbonyl (C=O) groups excluding carboxylic acids is 2. The van der Waals surface area contributed by atoms with Crippen molar-refractivity contribution in [2.75, 3.05) is 52.9 Å². The fraction of sp³-hybridized carbons (Fsp3) is 0.571. The topological polar surface area (TPSA) is 121 Å². The second-order valence-corrected chi connectivity index (χ2v) is 3.47. The highest BCUT2D eigenvalue weighted by Crippen LogP contribution is 1.90. The summed E-state index contributed by atoms with van der Waals surface area (Å²) in [6, 6.07) is 0. The van der Waals surface area contributed by atoms with Gasteiger partial charge in [0.25, 0.3) is 0 Å². The van der Waals surface area contributed by atoms with E-state index in [-0.39, 0.29) is 26.4 Å². The summed E-state index contributed by atoms with van der Waals surface area (Å²) in [5.41, 5.74) is 0. The van der Waals surface area contributed by atoms with Gasteiger partial charge in [0, 0.05) is 0 Å². The molecule has 0 aliphatic carbocycles. The van der Waals surface area contributed by atoms with Crippen molar-refractivity contribution in [3.05, 3.63) is 25.3 Å². The lowest BCUT2D eigenvalue weighted by atomic mass is 10.7. The van der Waals surface area contributed by atoms with Crippen molar-refractivity contribution in [2.24, 2.45) is 0 Å². The molecule has 0 unspecified atom stereocenters. The second-order valence-electron chi connectivity index (χ2n) is 3.47. The lowest BCUT2D eigenvalue weighted by Crippen LogP contribution is -2.15. The summed E-state index contributed by atoms with van der Waals surface area (Å²) in [6.07, 6.45) is 0.454. The van der Waals surface area contributed by atoms with Crippen molar-refractivity contribution in [3.63, 3.8) is 0 Å². The number of hydrogen-bond acceptors (Lipinski definition) is 9. The van der Waals surface area contributed by atoms with Crippen molar-refractivity contribution in [1.82, 2.24) is 0 Å². The molecule has 0 fully saturated rings. The van der Waals surface area contributed by atoms with E-state index in [1.807, 2.05) is 0 Å². The van der Waals surface area contributed by atoms with E-state index in [9.17, 15) is 9.59 Å². The molecule has 0 atom stereocenters. The van der Waals surface area contributed by atoms with Gasteiger partial charge in [0.1, 0.15) is 13.2 Å². The van der Waals surface area contributed by atoms with Crippen molar-refractivity contribution < 1.29 is 43.5 Å². The summed E-state index contributed by atoms with van der Waals surface area (Å²) in [5.74, 6) is 0. The Morgan fingerprint density at radius 2 is 1.17 bits per heavy atom. The van der Waals surface area contributed by atoms with Gasteiger partial charge in [-0.2, -0.15) is 0 Å². The molecule has 0 radical (unpaired) electrons. The number of hydrogen-bond donors (Lipinski definition) is 2. The Bertz CT molecular complexity index is 287. The zero-order valence-corrected chi connectivity index (χ0v) is 13.0. The Morgan fingerprint density at radius 1 is 0.783 bits per heavy atom. The first-order valence-corrected chi connectivity index (χ1v) is 6.72. The molecule has 0 aromatic heterocycles. The van der Waals surface area contributed by atoms with Crippen LogP contribution in [0.1, 0.15) is 0 Å². The number of aliphatic hydroxyl groups is 2. The minimum atomic E-state index is -1.12. The minimum Gasteiger partial charge on any atom is -0.430 e. The third-order valence-corrected chi connectivity index (χ3v) is 1.65. The van der Waals surface area contributed by atoms with E-state index in [0.717, 1.165) is 0 Å². The third kappa shape index (κ3) is 22.5. The van der Waals surface area contributed by atoms with Crippen LogP contribution in [0.15, 0.2) is 25.3 Å². The van der Waals surface area contributed by atoms with Crippen molar-refractivity contribution in [1.29, 1.82) is 0 Å². The Labute approximate surface area is 135 Å². The van der Waals surface area contributed by atoms with Gasteiger partial charge in [0.2, 0.25) is 0 Å². The molecule has 9 nitrogen and oxygen atoms in total. The molecule has 0 spiro atoms. The quantitative estimate of drug-likeness (QED) is 0.242. The van der Waals surface area contributed by atoms with E-state index in [4.69, 9.17) is 19.7 Å². The van der Waals surface area contributed by atoms with E-state index in [0.29, 0.717) is 26.4 Å². The third-order valence-electron chi connectivity index (χ3n) is 1.65. The van der Waals surface area contributed by atoms with Crippen LogP contribution in [-0.4, -0.2) is 75.4 Å². The largest absolute Gasteiger partial charge is 0.518 e. The first kappa shape index (κ1) is 23.3. The minimum absolute atomic E-state index is 0.0203. The van der Waals surface area contributed by atoms with Gasteiger partial charge in [-0.1, -0.05) is 25.3 Å². The first-order chi connectivity index (χ1) is 11.1. The van der Waals surface area contributed by atoms with Gasteiger partial charge in [0.15, 0.2) is 0 Å². The molecule has 0 rings (SSSR count). The summed E-state index contributed by atoms with van der Waals surface area (Å²) >= 11 is 0. The standard InChI is InChI=1S/C8H10O5.C6H14O4/c1-3-5-11-7(9)13-8(10)12-6-4-2;7-1-3-9-5-6-10-4-2-8/h3-4H,1-2,5-6H2;7-8H,1-6H2. The average Bonchev–Trinajstić information content (AvgIpc) is 2.55. The highest BCUT2D eigenvalue weighted by Gasteiger charge is 2.11. The van der Waals surface area contributed by atoms with Gasteiger partial charge in [0.05, 0.1) is 39.6 Å². The van der Waals surface area contributed by atoms with E-state index in [1.54, 1.807) is 0 Å². The highest BCUT2D eigenvalue weighted by molar-refractivity contribution is 5.76. The molecule has 23 heavy (non-hydrogen) atoms. The number of carbonyl (C=O) groups is 2. The fourth-order valence-electron chi connectivity index (χ4n) is 0.832. The molecule has 0 aliphatic rings. The molecule has 0 saturated heterocycles. The van der Waals surface area contributed by atoms with Crippen molar-refractivity contribution in [3.8, 4) is 0 Å². The molecule has 0 amide bonds. The number of rotatable bonds is 11. The van der Waals surface area contributed by atoms with Crippen LogP contribution in [-0.2, 0) is 23.7 Å². The number of ether oxygens (including phenoxy) is 5. The van der Waals surface area contributed by atoms with Gasteiger partial charge >= 0.3 is 12.3 Å². The van der Waals surface area contributed by atoms with Crippen LogP contribution < -0.4 is 0 Å². The molecular formula is C14H24O9. The van der Waals surface area contributed by atoms with Crippen molar-refractivity contribution >= 4 is 12.3 Å². The maximum Gasteiger partial charge on any atom is 0.518 e. The normalized spacial score (nSPS) is 9.13. The van der Waals surface area contributed by atoms with Gasteiger partial charge in [-0.3, -0.25) is 0 Å². The Morgan fingerprint density at radius 3 is 1.48 bits per heavy atom. The lowest BCUT2D eigenvalue weighted by molar-refractivity contribution is 0.0222. The van der Waals surface area contributed by atoms with Gasteiger partial charge in [-0.25, -0.2) is 9.59 Å². The molecule has 0 aromatic rings. The van der Waals surface area contributed by atoms with Crippen LogP contribution in [0.2, 0.25) is 0 Å². The zero-order valence-electron chi connectivity index (χ0n) is 13.0. The van der Waals surface area contributed by atoms with Crippen LogP contribution in [0.5, 0.6) is 0 Å². The first-order valence-electron chi connectivity index (χ1n) is 6.72. The molecule has 0 aromatic carbocycles. The highest BCUT2D eigenvalue weighted by atomic mass is 16.8. The summed E-state index contributed by atoms with van der Waals surface area (Å²) < 4.78 is 22.5. The van der Waals surface area contributed by atoms with E-state index in [2.05, 4.69) is 27.4 Å². The van der Waals surface area contributed by atoms with Crippen molar-refractivity contribution in [2.45, 2.75) is 0 Å². The Hall–Kier alpha value is -1.94. The zero-order chi connectivity index (χ0) is 17.8. The van der Waals surface area contributed by atoms with Crippen LogP contribution in [0, 0.1) is 0 Å². The maximum absolute atomic E-state index is 10.6. The molecule has 0 bridgehead atoms. The summed E-state index contributed by atoms with van der Waals surface area (Å²) in [4.78, 5) is 21.1. The monoisotopic (exact) mass is 336 g/mol. The second kappa shape index (κ2) is 20.1. The molecule has 0 aliphatic heterocycles. The predicted octanol–water partition coefficient (Wildman–Crippen LogP) is 0.652. The number of aliphatic hydroxyl groups excluding tert-OH is 2. The van der Waals surface area contributed by atoms with Gasteiger partial charge in [-0.05, 0) is 0 Å². The predicted molar refractivity (Wildman–Crippen MR) is 80.0 cm³/mol. The fourth-order valence-corrected chi connectivity index (χ4v) is 0.832. The molecular weight excluding hydrogens is 312 g/mol. The maximum atomic E-state index is 10.6. The summed E-state index contributed by atoms with van der Waals surface area (Å²) in [6.45, 7) is 8.29. The molecule has 0 heterocycles. The summed E-state index contributed by atoms with van der Waals surface area (Å²) in [7, 11) is 0. The SMILES string of the molecule is C=CCOC(=O)OC(=O)OCC=C.OCCOCCOCCO. The average molecular weight is 336 g/mol. The van der Waals surface area contributed by atoms with Crippen LogP contribution in [0.3, 0.4) is 0 Å². The van der Waals surface area contributed by atoms with Crippen LogP contribution in [0.4, 0.5) is 9.59 Å². The smallest absolute Gasteiger partial charge is 0.430 e. The molecule has 2 N–H and O–H groups in total. The Kier molecular flexibility index (Phi) is 20.3. The summed E-state index contributed by atoms with van der Waals surface area (Å²) in [5, 5.41) is 16.5. The molecule has 9 heteroatoms. The van der Waals surface area contributed by atoms with E-state index >= 15 is 0 Å². The van der Waals surface area contributed by atoms with Gasteiger partial charge < -0.3 is 33.9 Å². The van der Waals surface area contributed by atoms with Gasteiger partial charge in [-0.15, -0.1) is 0 Å². The van der Waals surface area contributed by atoms with Crippen LogP contribution >= 0.6 is 0 Å². The van der Waals surface area contributed by atoms with E-state index < -0.39 is 12.3 Å².